The lowest BCUT2D eigenvalue weighted by molar-refractivity contribution is -0.692. The van der Waals surface area contributed by atoms with E-state index in [1.165, 1.54) is 116 Å². The highest BCUT2D eigenvalue weighted by atomic mass is 32.1. The van der Waals surface area contributed by atoms with Crippen LogP contribution in [0.3, 0.4) is 0 Å². The van der Waals surface area contributed by atoms with Gasteiger partial charge in [0.25, 0.3) is 0 Å². The largest absolute Gasteiger partial charge is 0.379 e. The standard InChI is InChI=1S/C28H52NO2S/c1-2-3-4-5-6-7-8-9-10-11-12-15-18-27-23-28(31-24-27)25-30-21-17-14-13-16-19-29-20-22-32-26-29/h20,22,26-28H,2-19,21,23-25H2,1H3/q+1/t27-,28+/m1/s1. The molecular weight excluding hydrogens is 414 g/mol. The lowest BCUT2D eigenvalue weighted by Crippen LogP contribution is -2.29. The van der Waals surface area contributed by atoms with Crippen LogP contribution in [0.2, 0.25) is 0 Å². The van der Waals surface area contributed by atoms with Gasteiger partial charge in [0.15, 0.2) is 6.20 Å². The average Bonchev–Trinajstić information content (AvgIpc) is 3.48. The Morgan fingerprint density at radius 1 is 0.844 bits per heavy atom. The molecule has 0 aromatic carbocycles. The van der Waals surface area contributed by atoms with Crippen LogP contribution in [-0.4, -0.2) is 25.9 Å². The minimum absolute atomic E-state index is 0.354. The van der Waals surface area contributed by atoms with Crippen LogP contribution < -0.4 is 4.57 Å². The van der Waals surface area contributed by atoms with E-state index in [0.717, 1.165) is 32.3 Å². The summed E-state index contributed by atoms with van der Waals surface area (Å²) in [5, 5.41) is 2.14. The fourth-order valence-electron chi connectivity index (χ4n) is 4.83. The van der Waals surface area contributed by atoms with Crippen LogP contribution in [0.5, 0.6) is 0 Å². The summed E-state index contributed by atoms with van der Waals surface area (Å²) in [5.41, 5.74) is 2.19. The topological polar surface area (TPSA) is 22.3 Å². The number of thiazole rings is 1. The Balaban J connectivity index is 1.28. The molecule has 4 heteroatoms. The molecule has 0 unspecified atom stereocenters. The first kappa shape index (κ1) is 27.8. The Bertz CT molecular complexity index is 508. The van der Waals surface area contributed by atoms with Crippen LogP contribution in [0.1, 0.15) is 122 Å². The molecule has 1 aromatic heterocycles. The number of nitrogens with zero attached hydrogens (tertiary/aromatic N) is 1. The third-order valence-electron chi connectivity index (χ3n) is 6.92. The maximum Gasteiger partial charge on any atom is 0.224 e. The molecule has 0 saturated carbocycles. The molecule has 0 amide bonds. The number of hydrogen-bond donors (Lipinski definition) is 0. The summed E-state index contributed by atoms with van der Waals surface area (Å²) in [7, 11) is 0. The molecule has 0 aliphatic carbocycles. The summed E-state index contributed by atoms with van der Waals surface area (Å²) in [6.07, 6.45) is 27.3. The van der Waals surface area contributed by atoms with E-state index in [4.69, 9.17) is 9.47 Å². The second kappa shape index (κ2) is 20.0. The molecule has 1 aliphatic heterocycles. The van der Waals surface area contributed by atoms with E-state index in [1.54, 1.807) is 11.3 Å². The highest BCUT2D eigenvalue weighted by Crippen LogP contribution is 2.25. The lowest BCUT2D eigenvalue weighted by atomic mass is 9.97. The zero-order chi connectivity index (χ0) is 22.5. The first-order valence-electron chi connectivity index (χ1n) is 14.0. The third-order valence-corrected chi connectivity index (χ3v) is 7.59. The molecule has 0 radical (unpaired) electrons. The van der Waals surface area contributed by atoms with Gasteiger partial charge >= 0.3 is 0 Å². The van der Waals surface area contributed by atoms with E-state index in [-0.39, 0.29) is 0 Å². The molecule has 1 fully saturated rings. The summed E-state index contributed by atoms with van der Waals surface area (Å²) >= 11 is 1.77. The smallest absolute Gasteiger partial charge is 0.224 e. The molecule has 0 bridgehead atoms. The summed E-state index contributed by atoms with van der Waals surface area (Å²) in [4.78, 5) is 0. The van der Waals surface area contributed by atoms with E-state index < -0.39 is 0 Å². The van der Waals surface area contributed by atoms with Crippen molar-refractivity contribution in [3.05, 3.63) is 17.1 Å². The van der Waals surface area contributed by atoms with Crippen LogP contribution >= 0.6 is 11.3 Å². The van der Waals surface area contributed by atoms with Gasteiger partial charge in [0.2, 0.25) is 5.51 Å². The Hall–Kier alpha value is -0.450. The van der Waals surface area contributed by atoms with Crippen molar-refractivity contribution in [2.75, 3.05) is 19.8 Å². The number of hydrogen-bond acceptors (Lipinski definition) is 3. The first-order chi connectivity index (χ1) is 15.9. The Morgan fingerprint density at radius 2 is 1.50 bits per heavy atom. The SMILES string of the molecule is CCCCCCCCCCCCCC[C@H]1CO[C@H](COCCCCCC[n+]2ccsc2)C1. The van der Waals surface area contributed by atoms with E-state index in [0.29, 0.717) is 6.10 Å². The minimum atomic E-state index is 0.354. The number of aromatic nitrogens is 1. The van der Waals surface area contributed by atoms with Crippen molar-refractivity contribution in [2.45, 2.75) is 135 Å². The van der Waals surface area contributed by atoms with Crippen LogP contribution in [0, 0.1) is 5.92 Å². The quantitative estimate of drug-likeness (QED) is 0.127. The van der Waals surface area contributed by atoms with Gasteiger partial charge in [-0.2, -0.15) is 4.57 Å². The van der Waals surface area contributed by atoms with Gasteiger partial charge in [0, 0.05) is 19.6 Å². The molecule has 3 nitrogen and oxygen atoms in total. The fraction of sp³-hybridized carbons (Fsp3) is 0.893. The monoisotopic (exact) mass is 466 g/mol. The van der Waals surface area contributed by atoms with Gasteiger partial charge in [0.05, 0.1) is 18.1 Å². The van der Waals surface area contributed by atoms with Gasteiger partial charge < -0.3 is 9.47 Å². The first-order valence-corrected chi connectivity index (χ1v) is 14.9. The van der Waals surface area contributed by atoms with Gasteiger partial charge in [-0.3, -0.25) is 0 Å². The Labute approximate surface area is 203 Å². The summed E-state index contributed by atoms with van der Waals surface area (Å²) in [6, 6.07) is 0. The van der Waals surface area contributed by atoms with Crippen LogP contribution in [0.4, 0.5) is 0 Å². The van der Waals surface area contributed by atoms with Gasteiger partial charge in [-0.25, -0.2) is 0 Å². The molecule has 1 saturated heterocycles. The Kier molecular flexibility index (Phi) is 17.3. The second-order valence-corrected chi connectivity index (χ2v) is 10.7. The van der Waals surface area contributed by atoms with Crippen molar-refractivity contribution in [2.24, 2.45) is 5.92 Å². The predicted molar refractivity (Wildman–Crippen MR) is 137 cm³/mol. The summed E-state index contributed by atoms with van der Waals surface area (Å²) in [6.45, 7) is 6.12. The van der Waals surface area contributed by atoms with Crippen LogP contribution in [0.15, 0.2) is 17.1 Å². The number of unbranched alkanes of at least 4 members (excludes halogenated alkanes) is 14. The van der Waals surface area contributed by atoms with Crippen LogP contribution in [0.25, 0.3) is 0 Å². The van der Waals surface area contributed by atoms with E-state index in [9.17, 15) is 0 Å². The maximum absolute atomic E-state index is 5.98. The van der Waals surface area contributed by atoms with Crippen molar-refractivity contribution in [1.82, 2.24) is 0 Å². The van der Waals surface area contributed by atoms with Crippen molar-refractivity contribution in [3.8, 4) is 0 Å². The molecule has 2 rings (SSSR count). The molecule has 186 valence electrons. The van der Waals surface area contributed by atoms with E-state index in [1.807, 2.05) is 0 Å². The van der Waals surface area contributed by atoms with Crippen molar-refractivity contribution in [1.29, 1.82) is 0 Å². The van der Waals surface area contributed by atoms with Gasteiger partial charge in [-0.05, 0) is 31.6 Å². The molecule has 1 aliphatic rings. The molecule has 2 heterocycles. The molecule has 0 N–H and O–H groups in total. The normalized spacial score (nSPS) is 18.5. The minimum Gasteiger partial charge on any atom is -0.379 e. The van der Waals surface area contributed by atoms with E-state index in [2.05, 4.69) is 28.6 Å². The molecular formula is C28H52NO2S+. The molecule has 2 atom stereocenters. The number of rotatable bonds is 22. The highest BCUT2D eigenvalue weighted by Gasteiger charge is 2.24. The maximum atomic E-state index is 5.98. The Morgan fingerprint density at radius 3 is 2.19 bits per heavy atom. The predicted octanol–water partition coefficient (Wildman–Crippen LogP) is 8.11. The van der Waals surface area contributed by atoms with Gasteiger partial charge in [-0.15, -0.1) is 0 Å². The van der Waals surface area contributed by atoms with Crippen LogP contribution in [-0.2, 0) is 16.0 Å². The molecule has 32 heavy (non-hydrogen) atoms. The number of aryl methyl sites for hydroxylation is 1. The zero-order valence-electron chi connectivity index (χ0n) is 21.1. The molecule has 0 spiro atoms. The lowest BCUT2D eigenvalue weighted by Gasteiger charge is -2.10. The van der Waals surface area contributed by atoms with Gasteiger partial charge in [0.1, 0.15) is 6.54 Å². The van der Waals surface area contributed by atoms with Crippen molar-refractivity contribution >= 4 is 11.3 Å². The summed E-state index contributed by atoms with van der Waals surface area (Å²) in [5.74, 6) is 0.779. The fourth-order valence-corrected chi connectivity index (χ4v) is 5.46. The second-order valence-electron chi connectivity index (χ2n) is 9.99. The molecule has 1 aromatic rings. The van der Waals surface area contributed by atoms with Crippen molar-refractivity contribution < 1.29 is 14.0 Å². The number of ether oxygens (including phenoxy) is 2. The van der Waals surface area contributed by atoms with E-state index >= 15 is 0 Å². The van der Waals surface area contributed by atoms with Crippen molar-refractivity contribution in [3.63, 3.8) is 0 Å². The highest BCUT2D eigenvalue weighted by molar-refractivity contribution is 7.07. The van der Waals surface area contributed by atoms with Gasteiger partial charge in [-0.1, -0.05) is 102 Å². The summed E-state index contributed by atoms with van der Waals surface area (Å²) < 4.78 is 14.2. The third kappa shape index (κ3) is 14.6. The zero-order valence-corrected chi connectivity index (χ0v) is 21.9. The average molecular weight is 467 g/mol.